The Labute approximate surface area is 115 Å². The van der Waals surface area contributed by atoms with Gasteiger partial charge in [0.25, 0.3) is 0 Å². The van der Waals surface area contributed by atoms with E-state index in [0.29, 0.717) is 6.54 Å². The topological polar surface area (TPSA) is 101 Å². The number of unbranched alkanes of at least 4 members (excludes halogenated alkanes) is 2. The summed E-state index contributed by atoms with van der Waals surface area (Å²) in [5.74, 6) is 0.0660. The van der Waals surface area contributed by atoms with Crippen LogP contribution in [0.2, 0.25) is 0 Å². The van der Waals surface area contributed by atoms with Gasteiger partial charge in [-0.25, -0.2) is 13.1 Å². The molecule has 19 heavy (non-hydrogen) atoms. The average molecular weight is 288 g/mol. The minimum absolute atomic E-state index is 0.0110. The summed E-state index contributed by atoms with van der Waals surface area (Å²) in [4.78, 5) is 0.0110. The zero-order valence-corrected chi connectivity index (χ0v) is 12.7. The highest BCUT2D eigenvalue weighted by Crippen LogP contribution is 2.24. The van der Waals surface area contributed by atoms with Crippen LogP contribution in [0.5, 0.6) is 0 Å². The van der Waals surface area contributed by atoms with Crippen LogP contribution < -0.4 is 10.5 Å². The van der Waals surface area contributed by atoms with Crippen molar-refractivity contribution in [1.29, 1.82) is 0 Å². The highest BCUT2D eigenvalue weighted by Gasteiger charge is 2.24. The maximum Gasteiger partial charge on any atom is 0.245 e. The van der Waals surface area contributed by atoms with Gasteiger partial charge >= 0.3 is 0 Å². The third kappa shape index (κ3) is 4.83. The molecule has 110 valence electrons. The molecule has 0 aromatic carbocycles. The predicted octanol–water partition coefficient (Wildman–Crippen LogP) is 1.88. The van der Waals surface area contributed by atoms with Gasteiger partial charge in [0.1, 0.15) is 10.7 Å². The van der Waals surface area contributed by atoms with Gasteiger partial charge in [-0.3, -0.25) is 5.10 Å². The highest BCUT2D eigenvalue weighted by molar-refractivity contribution is 7.89. The van der Waals surface area contributed by atoms with Gasteiger partial charge < -0.3 is 5.73 Å². The van der Waals surface area contributed by atoms with E-state index in [2.05, 4.69) is 35.7 Å². The standard InChI is InChI=1S/C12H24N4O2S/c1-4-5-6-7-12(2,3)9-15-19(17,18)10-8-14-16-11(10)13/h8,15H,4-7,9H2,1-3H3,(H3,13,14,16). The van der Waals surface area contributed by atoms with E-state index < -0.39 is 10.0 Å². The van der Waals surface area contributed by atoms with Crippen LogP contribution in [0.3, 0.4) is 0 Å². The number of nitrogens with two attached hydrogens (primary N) is 1. The van der Waals surface area contributed by atoms with Crippen LogP contribution in [-0.2, 0) is 10.0 Å². The SMILES string of the molecule is CCCCCC(C)(C)CNS(=O)(=O)c1cn[nH]c1N. The van der Waals surface area contributed by atoms with Crippen molar-refractivity contribution in [1.82, 2.24) is 14.9 Å². The predicted molar refractivity (Wildman–Crippen MR) is 76.1 cm³/mol. The Morgan fingerprint density at radius 2 is 2.11 bits per heavy atom. The fraction of sp³-hybridized carbons (Fsp3) is 0.750. The van der Waals surface area contributed by atoms with Crippen LogP contribution in [0, 0.1) is 5.41 Å². The van der Waals surface area contributed by atoms with Crippen LogP contribution in [-0.4, -0.2) is 25.2 Å². The van der Waals surface area contributed by atoms with E-state index in [4.69, 9.17) is 5.73 Å². The summed E-state index contributed by atoms with van der Waals surface area (Å²) in [5, 5.41) is 6.05. The molecule has 0 fully saturated rings. The first kappa shape index (κ1) is 16.0. The Morgan fingerprint density at radius 1 is 1.42 bits per heavy atom. The van der Waals surface area contributed by atoms with Gasteiger partial charge in [0.15, 0.2) is 0 Å². The Bertz CT molecular complexity index is 494. The summed E-state index contributed by atoms with van der Waals surface area (Å²) < 4.78 is 26.7. The Kier molecular flexibility index (Phi) is 5.37. The molecule has 0 atom stereocenters. The maximum atomic E-state index is 12.0. The second-order valence-corrected chi connectivity index (χ2v) is 7.33. The van der Waals surface area contributed by atoms with E-state index in [9.17, 15) is 8.42 Å². The zero-order chi connectivity index (χ0) is 14.5. The molecule has 0 unspecified atom stereocenters. The summed E-state index contributed by atoms with van der Waals surface area (Å²) in [5.41, 5.74) is 5.46. The Morgan fingerprint density at radius 3 is 2.63 bits per heavy atom. The highest BCUT2D eigenvalue weighted by atomic mass is 32.2. The third-order valence-corrected chi connectivity index (χ3v) is 4.55. The molecule has 1 rings (SSSR count). The van der Waals surface area contributed by atoms with Gasteiger partial charge in [0.2, 0.25) is 10.0 Å². The van der Waals surface area contributed by atoms with Crippen molar-refractivity contribution >= 4 is 15.8 Å². The average Bonchev–Trinajstić information content (AvgIpc) is 2.74. The van der Waals surface area contributed by atoms with Gasteiger partial charge in [-0.15, -0.1) is 0 Å². The zero-order valence-electron chi connectivity index (χ0n) is 11.9. The summed E-state index contributed by atoms with van der Waals surface area (Å²) >= 11 is 0. The smallest absolute Gasteiger partial charge is 0.245 e. The molecule has 0 saturated heterocycles. The lowest BCUT2D eigenvalue weighted by molar-refractivity contribution is 0.320. The lowest BCUT2D eigenvalue weighted by Crippen LogP contribution is -2.34. The lowest BCUT2D eigenvalue weighted by Gasteiger charge is -2.24. The quantitative estimate of drug-likeness (QED) is 0.636. The number of aromatic amines is 1. The molecule has 1 aromatic rings. The first-order valence-electron chi connectivity index (χ1n) is 6.57. The fourth-order valence-electron chi connectivity index (χ4n) is 1.81. The second kappa shape index (κ2) is 6.38. The van der Waals surface area contributed by atoms with Crippen molar-refractivity contribution in [3.63, 3.8) is 0 Å². The van der Waals surface area contributed by atoms with Crippen LogP contribution in [0.15, 0.2) is 11.1 Å². The molecule has 6 nitrogen and oxygen atoms in total. The van der Waals surface area contributed by atoms with E-state index >= 15 is 0 Å². The van der Waals surface area contributed by atoms with E-state index in [1.165, 1.54) is 12.6 Å². The molecule has 0 aliphatic heterocycles. The first-order valence-corrected chi connectivity index (χ1v) is 8.05. The number of aromatic nitrogens is 2. The molecule has 4 N–H and O–H groups in total. The number of nitrogens with one attached hydrogen (secondary N) is 2. The molecule has 0 amide bonds. The van der Waals surface area contributed by atoms with Crippen LogP contribution in [0.25, 0.3) is 0 Å². The van der Waals surface area contributed by atoms with Gasteiger partial charge in [-0.05, 0) is 11.8 Å². The number of sulfonamides is 1. The summed E-state index contributed by atoms with van der Waals surface area (Å²) in [6.07, 6.45) is 5.66. The molecule has 0 spiro atoms. The number of hydrogen-bond acceptors (Lipinski definition) is 4. The minimum atomic E-state index is -3.58. The van der Waals surface area contributed by atoms with Crippen molar-refractivity contribution < 1.29 is 8.42 Å². The molecular formula is C12H24N4O2S. The van der Waals surface area contributed by atoms with Crippen molar-refractivity contribution in [2.45, 2.75) is 51.3 Å². The fourth-order valence-corrected chi connectivity index (χ4v) is 3.07. The Hall–Kier alpha value is -1.08. The Balaban J connectivity index is 2.58. The van der Waals surface area contributed by atoms with E-state index in [-0.39, 0.29) is 16.1 Å². The molecule has 0 bridgehead atoms. The number of nitrogens with zero attached hydrogens (tertiary/aromatic N) is 1. The third-order valence-electron chi connectivity index (χ3n) is 3.12. The van der Waals surface area contributed by atoms with E-state index in [0.717, 1.165) is 19.3 Å². The second-order valence-electron chi connectivity index (χ2n) is 5.59. The van der Waals surface area contributed by atoms with Gasteiger partial charge in [-0.2, -0.15) is 5.10 Å². The normalized spacial score (nSPS) is 12.8. The molecule has 0 aliphatic carbocycles. The van der Waals surface area contributed by atoms with Crippen LogP contribution >= 0.6 is 0 Å². The monoisotopic (exact) mass is 288 g/mol. The van der Waals surface area contributed by atoms with E-state index in [1.54, 1.807) is 0 Å². The molecule has 7 heteroatoms. The number of nitrogen functional groups attached to an aromatic ring is 1. The number of rotatable bonds is 8. The van der Waals surface area contributed by atoms with Crippen molar-refractivity contribution in [3.8, 4) is 0 Å². The summed E-state index contributed by atoms with van der Waals surface area (Å²) in [6.45, 7) is 6.66. The van der Waals surface area contributed by atoms with Crippen molar-refractivity contribution in [3.05, 3.63) is 6.20 Å². The van der Waals surface area contributed by atoms with Gasteiger partial charge in [0, 0.05) is 6.54 Å². The summed E-state index contributed by atoms with van der Waals surface area (Å²) in [6, 6.07) is 0. The summed E-state index contributed by atoms with van der Waals surface area (Å²) in [7, 11) is -3.58. The molecule has 0 radical (unpaired) electrons. The molecular weight excluding hydrogens is 264 g/mol. The molecule has 0 aliphatic rings. The number of H-pyrrole nitrogens is 1. The van der Waals surface area contributed by atoms with Gasteiger partial charge in [0.05, 0.1) is 6.20 Å². The number of hydrogen-bond donors (Lipinski definition) is 3. The maximum absolute atomic E-state index is 12.0. The van der Waals surface area contributed by atoms with Gasteiger partial charge in [-0.1, -0.05) is 40.0 Å². The number of anilines is 1. The van der Waals surface area contributed by atoms with Crippen molar-refractivity contribution in [2.75, 3.05) is 12.3 Å². The lowest BCUT2D eigenvalue weighted by atomic mass is 9.87. The molecule has 1 heterocycles. The van der Waals surface area contributed by atoms with Crippen molar-refractivity contribution in [2.24, 2.45) is 5.41 Å². The molecule has 1 aromatic heterocycles. The van der Waals surface area contributed by atoms with Crippen LogP contribution in [0.4, 0.5) is 5.82 Å². The minimum Gasteiger partial charge on any atom is -0.383 e. The molecule has 0 saturated carbocycles. The van der Waals surface area contributed by atoms with E-state index in [1.807, 2.05) is 0 Å². The first-order chi connectivity index (χ1) is 8.78. The van der Waals surface area contributed by atoms with Crippen LogP contribution in [0.1, 0.15) is 46.5 Å². The largest absolute Gasteiger partial charge is 0.383 e.